The molecule has 0 saturated carbocycles. The normalized spacial score (nSPS) is 17.6. The van der Waals surface area contributed by atoms with Crippen LogP contribution in [0.3, 0.4) is 0 Å². The lowest BCUT2D eigenvalue weighted by Crippen LogP contribution is -2.29. The fourth-order valence-corrected chi connectivity index (χ4v) is 4.27. The Morgan fingerprint density at radius 1 is 1.03 bits per heavy atom. The fourth-order valence-electron chi connectivity index (χ4n) is 4.01. The predicted molar refractivity (Wildman–Crippen MR) is 126 cm³/mol. The minimum Gasteiger partial charge on any atom is -0.507 e. The quantitative estimate of drug-likeness (QED) is 0.239. The van der Waals surface area contributed by atoms with Crippen molar-refractivity contribution in [3.63, 3.8) is 0 Å². The number of rotatable bonds is 5. The number of methoxy groups -OCH3 is 1. The first kappa shape index (κ1) is 24.5. The van der Waals surface area contributed by atoms with E-state index in [1.54, 1.807) is 48.5 Å². The zero-order valence-corrected chi connectivity index (χ0v) is 19.9. The van der Waals surface area contributed by atoms with E-state index in [2.05, 4.69) is 15.9 Å². The van der Waals surface area contributed by atoms with Crippen molar-refractivity contribution in [1.82, 2.24) is 4.90 Å². The third-order valence-corrected chi connectivity index (χ3v) is 6.20. The molecule has 1 heterocycles. The third kappa shape index (κ3) is 4.95. The molecule has 0 spiro atoms. The van der Waals surface area contributed by atoms with Gasteiger partial charge in [0.1, 0.15) is 11.5 Å². The van der Waals surface area contributed by atoms with Crippen molar-refractivity contribution in [2.24, 2.45) is 0 Å². The van der Waals surface area contributed by atoms with Crippen molar-refractivity contribution in [2.75, 3.05) is 7.11 Å². The SMILES string of the molecule is COc1cccc(C2/C(=C(\O)c3ccc(Br)cc3)C(=O)C(=O)N2Cc2cccc(C(F)(F)F)c2)c1. The van der Waals surface area contributed by atoms with Crippen molar-refractivity contribution in [3.8, 4) is 5.75 Å². The van der Waals surface area contributed by atoms with Crippen molar-refractivity contribution in [1.29, 1.82) is 0 Å². The van der Waals surface area contributed by atoms with Crippen LogP contribution in [0, 0.1) is 0 Å². The summed E-state index contributed by atoms with van der Waals surface area (Å²) in [5.74, 6) is -1.77. The van der Waals surface area contributed by atoms with E-state index in [9.17, 15) is 27.9 Å². The van der Waals surface area contributed by atoms with E-state index in [4.69, 9.17) is 4.74 Å². The topological polar surface area (TPSA) is 66.8 Å². The molecule has 35 heavy (non-hydrogen) atoms. The molecule has 1 amide bonds. The molecule has 0 aromatic heterocycles. The maximum absolute atomic E-state index is 13.2. The van der Waals surface area contributed by atoms with Crippen molar-refractivity contribution in [3.05, 3.63) is 105 Å². The number of carbonyl (C=O) groups is 2. The summed E-state index contributed by atoms with van der Waals surface area (Å²) in [6.07, 6.45) is -4.56. The van der Waals surface area contributed by atoms with Crippen molar-refractivity contribution in [2.45, 2.75) is 18.8 Å². The van der Waals surface area contributed by atoms with Gasteiger partial charge in [0.25, 0.3) is 11.7 Å². The molecule has 0 aliphatic carbocycles. The third-order valence-electron chi connectivity index (χ3n) is 5.67. The second-order valence-electron chi connectivity index (χ2n) is 7.91. The number of ketones is 1. The van der Waals surface area contributed by atoms with Crippen LogP contribution in [-0.4, -0.2) is 28.8 Å². The van der Waals surface area contributed by atoms with Crippen LogP contribution in [0.5, 0.6) is 5.75 Å². The summed E-state index contributed by atoms with van der Waals surface area (Å²) < 4.78 is 45.7. The van der Waals surface area contributed by atoms with Gasteiger partial charge in [0.2, 0.25) is 0 Å². The number of aliphatic hydroxyl groups is 1. The standard InChI is InChI=1S/C26H19BrF3NO4/c1-35-20-7-3-5-17(13-20)22-21(23(32)16-8-10-19(27)11-9-16)24(33)25(34)31(22)14-15-4-2-6-18(12-15)26(28,29)30/h2-13,22,32H,14H2,1H3/b23-21+. The molecule has 0 radical (unpaired) electrons. The Morgan fingerprint density at radius 2 is 1.71 bits per heavy atom. The Kier molecular flexibility index (Phi) is 6.71. The van der Waals surface area contributed by atoms with E-state index in [0.717, 1.165) is 21.5 Å². The molecule has 5 nitrogen and oxygen atoms in total. The Hall–Kier alpha value is -3.59. The van der Waals surface area contributed by atoms with Crippen molar-refractivity contribution < 1.29 is 32.6 Å². The van der Waals surface area contributed by atoms with Gasteiger partial charge in [-0.2, -0.15) is 13.2 Å². The Labute approximate surface area is 207 Å². The van der Waals surface area contributed by atoms with Crippen LogP contribution in [0.4, 0.5) is 13.2 Å². The van der Waals surface area contributed by atoms with Gasteiger partial charge in [-0.25, -0.2) is 0 Å². The molecular weight excluding hydrogens is 527 g/mol. The number of alkyl halides is 3. The van der Waals surface area contributed by atoms with E-state index >= 15 is 0 Å². The van der Waals surface area contributed by atoms with Crippen LogP contribution in [0.15, 0.2) is 82.8 Å². The molecule has 180 valence electrons. The van der Waals surface area contributed by atoms with Crippen LogP contribution in [0.2, 0.25) is 0 Å². The molecular formula is C26H19BrF3NO4. The highest BCUT2D eigenvalue weighted by Gasteiger charge is 2.46. The lowest BCUT2D eigenvalue weighted by atomic mass is 9.95. The molecule has 1 N–H and O–H groups in total. The summed E-state index contributed by atoms with van der Waals surface area (Å²) >= 11 is 3.31. The highest BCUT2D eigenvalue weighted by Crippen LogP contribution is 2.41. The first-order chi connectivity index (χ1) is 16.6. The number of nitrogens with zero attached hydrogens (tertiary/aromatic N) is 1. The summed E-state index contributed by atoms with van der Waals surface area (Å²) in [4.78, 5) is 27.4. The zero-order chi connectivity index (χ0) is 25.3. The summed E-state index contributed by atoms with van der Waals surface area (Å²) in [6, 6.07) is 16.7. The maximum atomic E-state index is 13.2. The number of ether oxygens (including phenoxy) is 1. The molecule has 1 aliphatic heterocycles. The molecule has 1 saturated heterocycles. The average Bonchev–Trinajstić information content (AvgIpc) is 3.08. The Balaban J connectivity index is 1.85. The lowest BCUT2D eigenvalue weighted by molar-refractivity contribution is -0.140. The molecule has 0 bridgehead atoms. The number of carbonyl (C=O) groups excluding carboxylic acids is 2. The van der Waals surface area contributed by atoms with E-state index in [0.29, 0.717) is 16.9 Å². The van der Waals surface area contributed by atoms with Crippen LogP contribution in [0.25, 0.3) is 5.76 Å². The van der Waals surface area contributed by atoms with Gasteiger partial charge in [-0.05, 0) is 47.5 Å². The first-order valence-electron chi connectivity index (χ1n) is 10.4. The minimum absolute atomic E-state index is 0.155. The highest BCUT2D eigenvalue weighted by molar-refractivity contribution is 9.10. The number of aliphatic hydroxyl groups excluding tert-OH is 1. The number of likely N-dealkylation sites (tertiary alicyclic amines) is 1. The number of hydrogen-bond acceptors (Lipinski definition) is 4. The van der Waals surface area contributed by atoms with Gasteiger partial charge in [-0.1, -0.05) is 52.3 Å². The second-order valence-corrected chi connectivity index (χ2v) is 8.82. The molecule has 1 atom stereocenters. The number of benzene rings is 3. The highest BCUT2D eigenvalue weighted by atomic mass is 79.9. The molecule has 1 fully saturated rings. The van der Waals surface area contributed by atoms with Gasteiger partial charge >= 0.3 is 6.18 Å². The largest absolute Gasteiger partial charge is 0.507 e. The van der Waals surface area contributed by atoms with Gasteiger partial charge < -0.3 is 14.7 Å². The number of amides is 1. The average molecular weight is 546 g/mol. The Morgan fingerprint density at radius 3 is 2.37 bits per heavy atom. The van der Waals surface area contributed by atoms with E-state index < -0.39 is 29.5 Å². The zero-order valence-electron chi connectivity index (χ0n) is 18.3. The first-order valence-corrected chi connectivity index (χ1v) is 11.2. The smallest absolute Gasteiger partial charge is 0.416 e. The second kappa shape index (κ2) is 9.58. The van der Waals surface area contributed by atoms with E-state index in [1.165, 1.54) is 19.2 Å². The molecule has 3 aromatic rings. The number of hydrogen-bond donors (Lipinski definition) is 1. The van der Waals surface area contributed by atoms with Crippen LogP contribution in [0.1, 0.15) is 28.3 Å². The number of Topliss-reactive ketones (excluding diaryl/α,β-unsaturated/α-hetero) is 1. The Bertz CT molecular complexity index is 1320. The molecule has 9 heteroatoms. The summed E-state index contributed by atoms with van der Waals surface area (Å²) in [5, 5.41) is 11.1. The van der Waals surface area contributed by atoms with Gasteiger partial charge in [-0.15, -0.1) is 0 Å². The van der Waals surface area contributed by atoms with Crippen LogP contribution >= 0.6 is 15.9 Å². The molecule has 4 rings (SSSR count). The fraction of sp³-hybridized carbons (Fsp3) is 0.154. The molecule has 1 unspecified atom stereocenters. The van der Waals surface area contributed by atoms with E-state index in [1.807, 2.05) is 0 Å². The van der Waals surface area contributed by atoms with Gasteiger partial charge in [0.05, 0.1) is 24.3 Å². The molecule has 3 aromatic carbocycles. The predicted octanol–water partition coefficient (Wildman–Crippen LogP) is 6.10. The molecule has 1 aliphatic rings. The maximum Gasteiger partial charge on any atom is 0.416 e. The summed E-state index contributed by atoms with van der Waals surface area (Å²) in [5.41, 5.74) is -0.0393. The van der Waals surface area contributed by atoms with E-state index in [-0.39, 0.29) is 23.4 Å². The van der Waals surface area contributed by atoms with Crippen LogP contribution in [-0.2, 0) is 22.3 Å². The van der Waals surface area contributed by atoms with Gasteiger partial charge in [0.15, 0.2) is 0 Å². The number of halogens is 4. The van der Waals surface area contributed by atoms with Gasteiger partial charge in [-0.3, -0.25) is 9.59 Å². The monoisotopic (exact) mass is 545 g/mol. The van der Waals surface area contributed by atoms with Crippen LogP contribution < -0.4 is 4.74 Å². The van der Waals surface area contributed by atoms with Crippen molar-refractivity contribution >= 4 is 33.4 Å². The summed E-state index contributed by atoms with van der Waals surface area (Å²) in [6.45, 7) is -0.270. The lowest BCUT2D eigenvalue weighted by Gasteiger charge is -2.26. The summed E-state index contributed by atoms with van der Waals surface area (Å²) in [7, 11) is 1.46. The van der Waals surface area contributed by atoms with Gasteiger partial charge in [0, 0.05) is 16.6 Å². The minimum atomic E-state index is -4.56.